The van der Waals surface area contributed by atoms with E-state index in [1.807, 2.05) is 6.07 Å². The lowest BCUT2D eigenvalue weighted by Crippen LogP contribution is -2.91. The van der Waals surface area contributed by atoms with Crippen LogP contribution in [-0.2, 0) is 6.42 Å². The third kappa shape index (κ3) is 3.89. The summed E-state index contributed by atoms with van der Waals surface area (Å²) in [5.41, 5.74) is 3.08. The molecule has 144 valence electrons. The Labute approximate surface area is 168 Å². The first kappa shape index (κ1) is 18.9. The first-order chi connectivity index (χ1) is 13.7. The number of quaternary nitrogens is 1. The highest BCUT2D eigenvalue weighted by Crippen LogP contribution is 2.42. The molecule has 0 amide bonds. The van der Waals surface area contributed by atoms with Crippen molar-refractivity contribution in [2.24, 2.45) is 5.92 Å². The molecule has 0 unspecified atom stereocenters. The maximum Gasteiger partial charge on any atom is 0.118 e. The number of hydrogen-bond acceptors (Lipinski definition) is 1. The van der Waals surface area contributed by atoms with E-state index in [-0.39, 0.29) is 18.0 Å². The summed E-state index contributed by atoms with van der Waals surface area (Å²) in [6.45, 7) is 2.22. The van der Waals surface area contributed by atoms with E-state index in [0.29, 0.717) is 6.42 Å². The van der Waals surface area contributed by atoms with Gasteiger partial charge in [-0.15, -0.1) is 0 Å². The molecular formula is C26H30NO+. The fourth-order valence-electron chi connectivity index (χ4n) is 5.05. The molecule has 3 aromatic carbocycles. The second-order valence-electron chi connectivity index (χ2n) is 8.13. The Morgan fingerprint density at radius 2 is 1.36 bits per heavy atom. The molecule has 4 rings (SSSR count). The zero-order valence-electron chi connectivity index (χ0n) is 16.5. The standard InChI is InChI=1S/C26H29NO/c1-2-23-25(22-16-10-5-11-17-22)27-24(21-14-8-4-9-15-21)19-26(23,28)18-20-12-6-3-7-13-20/h3-17,23-25,27-28H,2,18-19H2,1H3/p+1/t23-,24+,25-,26-/m1/s1. The number of rotatable bonds is 5. The average Bonchev–Trinajstić information content (AvgIpc) is 2.75. The molecule has 0 aliphatic carbocycles. The number of aliphatic hydroxyl groups is 1. The van der Waals surface area contributed by atoms with Crippen LogP contribution in [0.15, 0.2) is 91.0 Å². The summed E-state index contributed by atoms with van der Waals surface area (Å²) in [5, 5.41) is 14.5. The maximum atomic E-state index is 12.0. The van der Waals surface area contributed by atoms with Gasteiger partial charge < -0.3 is 10.4 Å². The van der Waals surface area contributed by atoms with E-state index >= 15 is 0 Å². The minimum absolute atomic E-state index is 0.204. The largest absolute Gasteiger partial charge is 0.389 e. The van der Waals surface area contributed by atoms with E-state index in [2.05, 4.69) is 97.2 Å². The smallest absolute Gasteiger partial charge is 0.118 e. The summed E-state index contributed by atoms with van der Waals surface area (Å²) in [6.07, 6.45) is 2.43. The molecule has 2 nitrogen and oxygen atoms in total. The molecule has 0 spiro atoms. The fourth-order valence-corrected chi connectivity index (χ4v) is 5.05. The molecule has 0 radical (unpaired) electrons. The van der Waals surface area contributed by atoms with Crippen LogP contribution < -0.4 is 5.32 Å². The van der Waals surface area contributed by atoms with E-state index in [9.17, 15) is 5.11 Å². The molecule has 1 fully saturated rings. The number of nitrogens with two attached hydrogens (primary N) is 1. The van der Waals surface area contributed by atoms with Crippen molar-refractivity contribution in [3.8, 4) is 0 Å². The second kappa shape index (κ2) is 8.30. The van der Waals surface area contributed by atoms with Gasteiger partial charge in [-0.05, 0) is 12.0 Å². The normalized spacial score (nSPS) is 27.4. The van der Waals surface area contributed by atoms with E-state index < -0.39 is 5.60 Å². The summed E-state index contributed by atoms with van der Waals surface area (Å²) < 4.78 is 0. The lowest BCUT2D eigenvalue weighted by molar-refractivity contribution is -0.757. The molecule has 3 aromatic rings. The van der Waals surface area contributed by atoms with E-state index in [4.69, 9.17) is 0 Å². The van der Waals surface area contributed by atoms with Crippen LogP contribution in [0.3, 0.4) is 0 Å². The summed E-state index contributed by atoms with van der Waals surface area (Å²) >= 11 is 0. The van der Waals surface area contributed by atoms with Crippen LogP contribution in [-0.4, -0.2) is 10.7 Å². The lowest BCUT2D eigenvalue weighted by Gasteiger charge is -2.46. The Morgan fingerprint density at radius 3 is 1.93 bits per heavy atom. The molecule has 0 bridgehead atoms. The van der Waals surface area contributed by atoms with E-state index in [1.165, 1.54) is 16.7 Å². The Balaban J connectivity index is 1.73. The molecule has 1 aliphatic rings. The van der Waals surface area contributed by atoms with Crippen molar-refractivity contribution in [2.45, 2.75) is 43.9 Å². The molecule has 1 heterocycles. The Kier molecular flexibility index (Phi) is 5.61. The first-order valence-corrected chi connectivity index (χ1v) is 10.4. The third-order valence-electron chi connectivity index (χ3n) is 6.34. The fraction of sp³-hybridized carbons (Fsp3) is 0.308. The highest BCUT2D eigenvalue weighted by atomic mass is 16.3. The van der Waals surface area contributed by atoms with Crippen molar-refractivity contribution < 1.29 is 10.4 Å². The quantitative estimate of drug-likeness (QED) is 0.683. The van der Waals surface area contributed by atoms with Crippen LogP contribution in [0.25, 0.3) is 0 Å². The van der Waals surface area contributed by atoms with Crippen molar-refractivity contribution >= 4 is 0 Å². The summed E-state index contributed by atoms with van der Waals surface area (Å²) in [4.78, 5) is 0. The van der Waals surface area contributed by atoms with Crippen LogP contribution in [0.2, 0.25) is 0 Å². The highest BCUT2D eigenvalue weighted by molar-refractivity contribution is 5.25. The summed E-state index contributed by atoms with van der Waals surface area (Å²) in [5.74, 6) is 0.204. The number of piperidine rings is 1. The van der Waals surface area contributed by atoms with Gasteiger partial charge in [-0.25, -0.2) is 0 Å². The van der Waals surface area contributed by atoms with Crippen molar-refractivity contribution in [3.63, 3.8) is 0 Å². The zero-order valence-corrected chi connectivity index (χ0v) is 16.5. The van der Waals surface area contributed by atoms with Crippen LogP contribution in [0.5, 0.6) is 0 Å². The zero-order chi connectivity index (χ0) is 19.4. The van der Waals surface area contributed by atoms with E-state index in [1.54, 1.807) is 0 Å². The number of hydrogen-bond donors (Lipinski definition) is 2. The topological polar surface area (TPSA) is 36.8 Å². The van der Waals surface area contributed by atoms with Crippen molar-refractivity contribution in [3.05, 3.63) is 108 Å². The maximum absolute atomic E-state index is 12.0. The predicted octanol–water partition coefficient (Wildman–Crippen LogP) is 4.44. The lowest BCUT2D eigenvalue weighted by atomic mass is 9.67. The summed E-state index contributed by atoms with van der Waals surface area (Å²) in [7, 11) is 0. The molecule has 0 aromatic heterocycles. The van der Waals surface area contributed by atoms with Gasteiger partial charge in [0.15, 0.2) is 0 Å². The van der Waals surface area contributed by atoms with Crippen LogP contribution in [0.1, 0.15) is 48.5 Å². The van der Waals surface area contributed by atoms with Crippen LogP contribution >= 0.6 is 0 Å². The van der Waals surface area contributed by atoms with Gasteiger partial charge in [0.25, 0.3) is 0 Å². The Hall–Kier alpha value is -2.42. The van der Waals surface area contributed by atoms with Crippen molar-refractivity contribution in [1.29, 1.82) is 0 Å². The van der Waals surface area contributed by atoms with Gasteiger partial charge >= 0.3 is 0 Å². The Bertz CT molecular complexity index is 865. The van der Waals surface area contributed by atoms with Gasteiger partial charge in [0.1, 0.15) is 12.1 Å². The van der Waals surface area contributed by atoms with Crippen LogP contribution in [0.4, 0.5) is 0 Å². The van der Waals surface area contributed by atoms with Crippen LogP contribution in [0, 0.1) is 5.92 Å². The highest BCUT2D eigenvalue weighted by Gasteiger charge is 2.50. The molecule has 4 atom stereocenters. The molecule has 2 heteroatoms. The monoisotopic (exact) mass is 372 g/mol. The molecule has 1 aliphatic heterocycles. The third-order valence-corrected chi connectivity index (χ3v) is 6.34. The minimum atomic E-state index is -0.730. The molecule has 28 heavy (non-hydrogen) atoms. The molecular weight excluding hydrogens is 342 g/mol. The molecule has 3 N–H and O–H groups in total. The van der Waals surface area contributed by atoms with Gasteiger partial charge in [-0.3, -0.25) is 0 Å². The van der Waals surface area contributed by atoms with E-state index in [0.717, 1.165) is 12.8 Å². The molecule has 1 saturated heterocycles. The summed E-state index contributed by atoms with van der Waals surface area (Å²) in [6, 6.07) is 32.3. The van der Waals surface area contributed by atoms with Gasteiger partial charge in [0, 0.05) is 29.9 Å². The average molecular weight is 373 g/mol. The Morgan fingerprint density at radius 1 is 0.821 bits per heavy atom. The molecule has 0 saturated carbocycles. The SMILES string of the molecule is CC[C@@H]1[C@@H](c2ccccc2)[NH2+][C@H](c2ccccc2)C[C@]1(O)Cc1ccccc1. The van der Waals surface area contributed by atoms with Gasteiger partial charge in [0.05, 0.1) is 5.60 Å². The first-order valence-electron chi connectivity index (χ1n) is 10.4. The second-order valence-corrected chi connectivity index (χ2v) is 8.13. The minimum Gasteiger partial charge on any atom is -0.389 e. The van der Waals surface area contributed by atoms with Crippen molar-refractivity contribution in [1.82, 2.24) is 0 Å². The predicted molar refractivity (Wildman–Crippen MR) is 114 cm³/mol. The number of benzene rings is 3. The van der Waals surface area contributed by atoms with Gasteiger partial charge in [0.2, 0.25) is 0 Å². The van der Waals surface area contributed by atoms with Gasteiger partial charge in [-0.1, -0.05) is 97.9 Å². The van der Waals surface area contributed by atoms with Crippen molar-refractivity contribution in [2.75, 3.05) is 0 Å². The van der Waals surface area contributed by atoms with Gasteiger partial charge in [-0.2, -0.15) is 0 Å².